The number of carbonyl (C=O) groups excluding carboxylic acids is 2. The Morgan fingerprint density at radius 3 is 2.21 bits per heavy atom. The van der Waals surface area contributed by atoms with Gasteiger partial charge in [-0.1, -0.05) is 0 Å². The number of hydrogen-bond acceptors (Lipinski definition) is 3. The van der Waals surface area contributed by atoms with E-state index in [0.29, 0.717) is 13.1 Å². The zero-order valence-corrected chi connectivity index (χ0v) is 12.2. The van der Waals surface area contributed by atoms with Crippen molar-refractivity contribution < 1.29 is 14.3 Å². The van der Waals surface area contributed by atoms with Crippen LogP contribution in [0.2, 0.25) is 0 Å². The molecule has 1 fully saturated rings. The molecule has 3 amide bonds. The second-order valence-electron chi connectivity index (χ2n) is 5.47. The van der Waals surface area contributed by atoms with E-state index in [1.54, 1.807) is 4.90 Å². The largest absolute Gasteiger partial charge is 0.447 e. The maximum Gasteiger partial charge on any atom is 0.410 e. The van der Waals surface area contributed by atoms with Gasteiger partial charge in [-0.2, -0.15) is 0 Å². The van der Waals surface area contributed by atoms with E-state index in [-0.39, 0.29) is 30.3 Å². The first-order valence-corrected chi connectivity index (χ1v) is 6.91. The molecule has 6 nitrogen and oxygen atoms in total. The first-order chi connectivity index (χ1) is 8.88. The molecule has 0 aliphatic carbocycles. The van der Waals surface area contributed by atoms with Gasteiger partial charge in [0.2, 0.25) is 0 Å². The van der Waals surface area contributed by atoms with Crippen LogP contribution in [-0.2, 0) is 4.74 Å². The van der Waals surface area contributed by atoms with Gasteiger partial charge in [-0.3, -0.25) is 0 Å². The lowest BCUT2D eigenvalue weighted by Gasteiger charge is -2.32. The highest BCUT2D eigenvalue weighted by Gasteiger charge is 2.25. The average Bonchev–Trinajstić information content (AvgIpc) is 2.27. The lowest BCUT2D eigenvalue weighted by atomic mass is 10.1. The Hall–Kier alpha value is -1.46. The summed E-state index contributed by atoms with van der Waals surface area (Å²) in [7, 11) is 0. The molecule has 1 aliphatic rings. The number of nitrogens with zero attached hydrogens (tertiary/aromatic N) is 1. The van der Waals surface area contributed by atoms with Gasteiger partial charge in [0.15, 0.2) is 0 Å². The summed E-state index contributed by atoms with van der Waals surface area (Å²) < 4.78 is 5.15. The normalized spacial score (nSPS) is 16.6. The van der Waals surface area contributed by atoms with Crippen molar-refractivity contribution in [2.75, 3.05) is 13.1 Å². The highest BCUT2D eigenvalue weighted by molar-refractivity contribution is 5.74. The van der Waals surface area contributed by atoms with Gasteiger partial charge >= 0.3 is 12.1 Å². The molecule has 0 aromatic rings. The van der Waals surface area contributed by atoms with Crippen molar-refractivity contribution in [3.8, 4) is 0 Å². The molecular weight excluding hydrogens is 246 g/mol. The zero-order chi connectivity index (χ0) is 14.4. The van der Waals surface area contributed by atoms with Crippen LogP contribution in [0.4, 0.5) is 9.59 Å². The van der Waals surface area contributed by atoms with Crippen molar-refractivity contribution in [2.24, 2.45) is 0 Å². The smallest absolute Gasteiger partial charge is 0.410 e. The Bertz CT molecular complexity index is 310. The van der Waals surface area contributed by atoms with Gasteiger partial charge in [-0.05, 0) is 40.5 Å². The van der Waals surface area contributed by atoms with Crippen LogP contribution in [0.1, 0.15) is 40.5 Å². The second-order valence-corrected chi connectivity index (χ2v) is 5.47. The number of carbonyl (C=O) groups is 2. The lowest BCUT2D eigenvalue weighted by molar-refractivity contribution is 0.0684. The zero-order valence-electron chi connectivity index (χ0n) is 12.2. The maximum atomic E-state index is 11.7. The van der Waals surface area contributed by atoms with Crippen molar-refractivity contribution in [1.82, 2.24) is 15.5 Å². The third-order valence-corrected chi connectivity index (χ3v) is 2.84. The molecule has 0 spiro atoms. The maximum absolute atomic E-state index is 11.7. The predicted octanol–water partition coefficient (Wildman–Crippen LogP) is 1.70. The number of rotatable bonds is 3. The minimum Gasteiger partial charge on any atom is -0.447 e. The van der Waals surface area contributed by atoms with Crippen LogP contribution in [-0.4, -0.2) is 48.3 Å². The minimum absolute atomic E-state index is 0.0971. The molecular formula is C13H25N3O3. The van der Waals surface area contributed by atoms with Crippen molar-refractivity contribution in [3.63, 3.8) is 0 Å². The molecule has 1 saturated heterocycles. The van der Waals surface area contributed by atoms with Crippen LogP contribution in [0, 0.1) is 0 Å². The number of urea groups is 1. The summed E-state index contributed by atoms with van der Waals surface area (Å²) in [6, 6.07) is 0.112. The van der Waals surface area contributed by atoms with Gasteiger partial charge in [0.1, 0.15) is 0 Å². The Morgan fingerprint density at radius 1 is 1.16 bits per heavy atom. The van der Waals surface area contributed by atoms with E-state index in [9.17, 15) is 9.59 Å². The first-order valence-electron chi connectivity index (χ1n) is 6.91. The van der Waals surface area contributed by atoms with Crippen molar-refractivity contribution >= 4 is 12.1 Å². The van der Waals surface area contributed by atoms with Gasteiger partial charge in [0.05, 0.1) is 6.10 Å². The van der Waals surface area contributed by atoms with Gasteiger partial charge in [0, 0.05) is 25.2 Å². The molecule has 0 aromatic heterocycles. The average molecular weight is 271 g/mol. The van der Waals surface area contributed by atoms with Crippen LogP contribution in [0.3, 0.4) is 0 Å². The van der Waals surface area contributed by atoms with Gasteiger partial charge < -0.3 is 20.3 Å². The van der Waals surface area contributed by atoms with Crippen LogP contribution < -0.4 is 10.6 Å². The van der Waals surface area contributed by atoms with Gasteiger partial charge in [0.25, 0.3) is 0 Å². The Labute approximate surface area is 114 Å². The molecule has 0 unspecified atom stereocenters. The summed E-state index contributed by atoms with van der Waals surface area (Å²) >= 11 is 0. The van der Waals surface area contributed by atoms with E-state index in [2.05, 4.69) is 10.6 Å². The van der Waals surface area contributed by atoms with E-state index >= 15 is 0 Å². The van der Waals surface area contributed by atoms with E-state index in [4.69, 9.17) is 4.74 Å². The Morgan fingerprint density at radius 2 is 1.74 bits per heavy atom. The van der Waals surface area contributed by atoms with Crippen LogP contribution >= 0.6 is 0 Å². The molecule has 0 radical (unpaired) electrons. The highest BCUT2D eigenvalue weighted by atomic mass is 16.6. The molecule has 110 valence electrons. The molecule has 6 heteroatoms. The number of piperidine rings is 1. The number of hydrogen-bond donors (Lipinski definition) is 2. The molecule has 1 rings (SSSR count). The van der Waals surface area contributed by atoms with Crippen molar-refractivity contribution in [1.29, 1.82) is 0 Å². The van der Waals surface area contributed by atoms with Gasteiger partial charge in [-0.15, -0.1) is 0 Å². The molecule has 1 heterocycles. The van der Waals surface area contributed by atoms with Crippen molar-refractivity contribution in [2.45, 2.75) is 58.7 Å². The third kappa shape index (κ3) is 5.81. The van der Waals surface area contributed by atoms with Crippen LogP contribution in [0.5, 0.6) is 0 Å². The summed E-state index contributed by atoms with van der Waals surface area (Å²) in [5.74, 6) is 0. The van der Waals surface area contributed by atoms with E-state index in [1.165, 1.54) is 0 Å². The quantitative estimate of drug-likeness (QED) is 0.821. The molecule has 19 heavy (non-hydrogen) atoms. The number of nitrogens with one attached hydrogen (secondary N) is 2. The third-order valence-electron chi connectivity index (χ3n) is 2.84. The molecule has 1 aliphatic heterocycles. The molecule has 0 saturated carbocycles. The fraction of sp³-hybridized carbons (Fsp3) is 0.846. The second kappa shape index (κ2) is 7.21. The molecule has 0 atom stereocenters. The van der Waals surface area contributed by atoms with Gasteiger partial charge in [-0.25, -0.2) is 9.59 Å². The SMILES string of the molecule is CC(C)NC(=O)NC1CCN(C(=O)OC(C)C)CC1. The highest BCUT2D eigenvalue weighted by Crippen LogP contribution is 2.12. The minimum atomic E-state index is -0.264. The van der Waals surface area contributed by atoms with Crippen LogP contribution in [0.25, 0.3) is 0 Å². The topological polar surface area (TPSA) is 70.7 Å². The van der Waals surface area contributed by atoms with E-state index < -0.39 is 0 Å². The Balaban J connectivity index is 2.29. The summed E-state index contributed by atoms with van der Waals surface area (Å²) in [5, 5.41) is 5.72. The standard InChI is InChI=1S/C13H25N3O3/c1-9(2)14-12(17)15-11-5-7-16(8-6-11)13(18)19-10(3)4/h9-11H,5-8H2,1-4H3,(H2,14,15,17). The first kappa shape index (κ1) is 15.6. The number of ether oxygens (including phenoxy) is 1. The molecule has 2 N–H and O–H groups in total. The monoisotopic (exact) mass is 271 g/mol. The van der Waals surface area contributed by atoms with E-state index in [0.717, 1.165) is 12.8 Å². The number of likely N-dealkylation sites (tertiary alicyclic amines) is 1. The van der Waals surface area contributed by atoms with Crippen molar-refractivity contribution in [3.05, 3.63) is 0 Å². The summed E-state index contributed by atoms with van der Waals surface area (Å²) in [5.41, 5.74) is 0. The summed E-state index contributed by atoms with van der Waals surface area (Å²) in [6.07, 6.45) is 1.16. The Kier molecular flexibility index (Phi) is 5.92. The van der Waals surface area contributed by atoms with E-state index in [1.807, 2.05) is 27.7 Å². The summed E-state index contributed by atoms with van der Waals surface area (Å²) in [4.78, 5) is 24.9. The predicted molar refractivity (Wildman–Crippen MR) is 73.0 cm³/mol. The summed E-state index contributed by atoms with van der Waals surface area (Å²) in [6.45, 7) is 8.76. The molecule has 0 bridgehead atoms. The lowest BCUT2D eigenvalue weighted by Crippen LogP contribution is -2.50. The molecule has 0 aromatic carbocycles. The number of amides is 3. The fourth-order valence-electron chi connectivity index (χ4n) is 1.97. The van der Waals surface area contributed by atoms with Crippen LogP contribution in [0.15, 0.2) is 0 Å². The fourth-order valence-corrected chi connectivity index (χ4v) is 1.97.